The van der Waals surface area contributed by atoms with Gasteiger partial charge in [0.2, 0.25) is 0 Å². The SMILES string of the molecule is CC1(C)NCCc2c([nH]c3ccccc23)C1O. The molecule has 1 aliphatic rings. The highest BCUT2D eigenvalue weighted by atomic mass is 16.3. The summed E-state index contributed by atoms with van der Waals surface area (Å²) in [6, 6.07) is 8.26. The molecule has 3 heteroatoms. The molecule has 3 N–H and O–H groups in total. The van der Waals surface area contributed by atoms with Crippen LogP contribution in [-0.4, -0.2) is 22.2 Å². The minimum absolute atomic E-state index is 0.286. The summed E-state index contributed by atoms with van der Waals surface area (Å²) in [6.45, 7) is 4.98. The van der Waals surface area contributed by atoms with Crippen LogP contribution >= 0.6 is 0 Å². The van der Waals surface area contributed by atoms with Gasteiger partial charge in [-0.3, -0.25) is 0 Å². The number of aliphatic hydroxyl groups excluding tert-OH is 1. The summed E-state index contributed by atoms with van der Waals surface area (Å²) in [5.41, 5.74) is 3.06. The molecule has 1 aliphatic heterocycles. The smallest absolute Gasteiger partial charge is 0.112 e. The van der Waals surface area contributed by atoms with Crippen molar-refractivity contribution in [2.45, 2.75) is 31.9 Å². The Bertz CT molecular complexity index is 556. The van der Waals surface area contributed by atoms with Crippen LogP contribution in [0.3, 0.4) is 0 Å². The molecule has 0 fully saturated rings. The molecule has 0 aliphatic carbocycles. The fourth-order valence-corrected chi connectivity index (χ4v) is 2.69. The van der Waals surface area contributed by atoms with Gasteiger partial charge in [-0.25, -0.2) is 0 Å². The predicted molar refractivity (Wildman–Crippen MR) is 69.0 cm³/mol. The second-order valence-corrected chi connectivity index (χ2v) is 5.36. The first-order valence-corrected chi connectivity index (χ1v) is 6.12. The standard InChI is InChI=1S/C14H18N2O/c1-14(2)13(17)12-10(7-8-15-14)9-5-3-4-6-11(9)16-12/h3-6,13,15-17H,7-8H2,1-2H3. The zero-order valence-electron chi connectivity index (χ0n) is 10.2. The van der Waals surface area contributed by atoms with E-state index in [-0.39, 0.29) is 5.54 Å². The minimum atomic E-state index is -0.493. The summed E-state index contributed by atoms with van der Waals surface area (Å²) >= 11 is 0. The number of aliphatic hydroxyl groups is 1. The average Bonchev–Trinajstić information content (AvgIpc) is 2.62. The lowest BCUT2D eigenvalue weighted by molar-refractivity contribution is 0.0814. The summed E-state index contributed by atoms with van der Waals surface area (Å²) in [7, 11) is 0. The molecule has 0 spiro atoms. The molecule has 2 aromatic rings. The summed E-state index contributed by atoms with van der Waals surface area (Å²) in [4.78, 5) is 3.37. The fraction of sp³-hybridized carbons (Fsp3) is 0.429. The van der Waals surface area contributed by atoms with Crippen LogP contribution in [0.15, 0.2) is 24.3 Å². The van der Waals surface area contributed by atoms with E-state index in [4.69, 9.17) is 0 Å². The molecule has 0 saturated carbocycles. The van der Waals surface area contributed by atoms with Crippen LogP contribution in [0.5, 0.6) is 0 Å². The van der Waals surface area contributed by atoms with E-state index in [1.165, 1.54) is 10.9 Å². The van der Waals surface area contributed by atoms with Gasteiger partial charge < -0.3 is 15.4 Å². The summed E-state index contributed by atoms with van der Waals surface area (Å²) in [6.07, 6.45) is 0.465. The Hall–Kier alpha value is -1.32. The highest BCUT2D eigenvalue weighted by Crippen LogP contribution is 2.34. The van der Waals surface area contributed by atoms with Gasteiger partial charge in [0, 0.05) is 16.4 Å². The first kappa shape index (κ1) is 10.8. The lowest BCUT2D eigenvalue weighted by Gasteiger charge is -2.29. The molecule has 1 unspecified atom stereocenters. The van der Waals surface area contributed by atoms with Crippen molar-refractivity contribution in [3.8, 4) is 0 Å². The molecule has 0 bridgehead atoms. The number of aromatic nitrogens is 1. The van der Waals surface area contributed by atoms with E-state index in [2.05, 4.69) is 22.4 Å². The van der Waals surface area contributed by atoms with E-state index in [1.54, 1.807) is 0 Å². The predicted octanol–water partition coefficient (Wildman–Crippen LogP) is 2.13. The van der Waals surface area contributed by atoms with Crippen LogP contribution in [0.1, 0.15) is 31.2 Å². The van der Waals surface area contributed by atoms with E-state index < -0.39 is 6.10 Å². The molecule has 1 aromatic carbocycles. The Balaban J connectivity index is 2.23. The Kier molecular flexibility index (Phi) is 2.28. The van der Waals surface area contributed by atoms with Crippen molar-refractivity contribution in [1.29, 1.82) is 0 Å². The van der Waals surface area contributed by atoms with Gasteiger partial charge in [-0.05, 0) is 38.4 Å². The summed E-state index contributed by atoms with van der Waals surface area (Å²) in [5.74, 6) is 0. The van der Waals surface area contributed by atoms with Crippen LogP contribution < -0.4 is 5.32 Å². The number of nitrogens with one attached hydrogen (secondary N) is 2. The van der Waals surface area contributed by atoms with E-state index in [9.17, 15) is 5.11 Å². The number of fused-ring (bicyclic) bond motifs is 3. The number of hydrogen-bond donors (Lipinski definition) is 3. The van der Waals surface area contributed by atoms with Crippen molar-refractivity contribution in [2.24, 2.45) is 0 Å². The number of H-pyrrole nitrogens is 1. The van der Waals surface area contributed by atoms with Crippen LogP contribution in [0.2, 0.25) is 0 Å². The second-order valence-electron chi connectivity index (χ2n) is 5.36. The molecule has 1 aromatic heterocycles. The molecule has 3 rings (SSSR count). The van der Waals surface area contributed by atoms with Gasteiger partial charge in [-0.1, -0.05) is 18.2 Å². The van der Waals surface area contributed by atoms with Crippen LogP contribution in [0, 0.1) is 0 Å². The van der Waals surface area contributed by atoms with Crippen molar-refractivity contribution < 1.29 is 5.11 Å². The van der Waals surface area contributed by atoms with Gasteiger partial charge in [0.1, 0.15) is 6.10 Å². The Morgan fingerprint density at radius 3 is 2.88 bits per heavy atom. The third-order valence-corrected chi connectivity index (χ3v) is 3.76. The van der Waals surface area contributed by atoms with Crippen LogP contribution in [-0.2, 0) is 6.42 Å². The normalized spacial score (nSPS) is 23.4. The van der Waals surface area contributed by atoms with Crippen molar-refractivity contribution in [2.75, 3.05) is 6.54 Å². The van der Waals surface area contributed by atoms with Crippen molar-refractivity contribution in [3.05, 3.63) is 35.5 Å². The molecular weight excluding hydrogens is 212 g/mol. The summed E-state index contributed by atoms with van der Waals surface area (Å²) < 4.78 is 0. The fourth-order valence-electron chi connectivity index (χ4n) is 2.69. The molecule has 3 nitrogen and oxygen atoms in total. The van der Waals surface area contributed by atoms with Gasteiger partial charge >= 0.3 is 0 Å². The molecule has 1 atom stereocenters. The molecule has 90 valence electrons. The minimum Gasteiger partial charge on any atom is -0.385 e. The van der Waals surface area contributed by atoms with Gasteiger partial charge in [0.05, 0.1) is 5.69 Å². The lowest BCUT2D eigenvalue weighted by atomic mass is 9.94. The van der Waals surface area contributed by atoms with Crippen molar-refractivity contribution in [1.82, 2.24) is 10.3 Å². The van der Waals surface area contributed by atoms with E-state index in [0.717, 1.165) is 24.2 Å². The Labute approximate surface area is 101 Å². The third kappa shape index (κ3) is 1.58. The number of benzene rings is 1. The maximum atomic E-state index is 10.5. The number of hydrogen-bond acceptors (Lipinski definition) is 2. The largest absolute Gasteiger partial charge is 0.385 e. The van der Waals surface area contributed by atoms with Crippen molar-refractivity contribution in [3.63, 3.8) is 0 Å². The first-order chi connectivity index (χ1) is 8.09. The van der Waals surface area contributed by atoms with Gasteiger partial charge in [0.25, 0.3) is 0 Å². The highest BCUT2D eigenvalue weighted by molar-refractivity contribution is 5.85. The molecule has 0 amide bonds. The molecular formula is C14H18N2O. The van der Waals surface area contributed by atoms with Crippen LogP contribution in [0.4, 0.5) is 0 Å². The number of para-hydroxylation sites is 1. The Morgan fingerprint density at radius 2 is 2.06 bits per heavy atom. The Morgan fingerprint density at radius 1 is 1.29 bits per heavy atom. The number of rotatable bonds is 0. The molecule has 2 heterocycles. The monoisotopic (exact) mass is 230 g/mol. The average molecular weight is 230 g/mol. The highest BCUT2D eigenvalue weighted by Gasteiger charge is 2.34. The quantitative estimate of drug-likeness (QED) is 0.649. The maximum absolute atomic E-state index is 10.5. The second kappa shape index (κ2) is 3.59. The van der Waals surface area contributed by atoms with E-state index in [1.807, 2.05) is 26.0 Å². The third-order valence-electron chi connectivity index (χ3n) is 3.76. The lowest BCUT2D eigenvalue weighted by Crippen LogP contribution is -2.44. The molecule has 0 radical (unpaired) electrons. The van der Waals surface area contributed by atoms with Gasteiger partial charge in [-0.2, -0.15) is 0 Å². The van der Waals surface area contributed by atoms with E-state index in [0.29, 0.717) is 0 Å². The molecule has 0 saturated heterocycles. The first-order valence-electron chi connectivity index (χ1n) is 6.12. The zero-order chi connectivity index (χ0) is 12.0. The summed E-state index contributed by atoms with van der Waals surface area (Å²) in [5, 5.41) is 15.1. The van der Waals surface area contributed by atoms with Gasteiger partial charge in [-0.15, -0.1) is 0 Å². The maximum Gasteiger partial charge on any atom is 0.112 e. The molecule has 17 heavy (non-hydrogen) atoms. The topological polar surface area (TPSA) is 48.0 Å². The zero-order valence-corrected chi connectivity index (χ0v) is 10.2. The number of aromatic amines is 1. The van der Waals surface area contributed by atoms with Crippen LogP contribution in [0.25, 0.3) is 10.9 Å². The van der Waals surface area contributed by atoms with Gasteiger partial charge in [0.15, 0.2) is 0 Å². The van der Waals surface area contributed by atoms with Crippen molar-refractivity contribution >= 4 is 10.9 Å². The van der Waals surface area contributed by atoms with E-state index >= 15 is 0 Å².